The zero-order valence-corrected chi connectivity index (χ0v) is 18.8. The Kier molecular flexibility index (Phi) is 6.31. The lowest BCUT2D eigenvalue weighted by Crippen LogP contribution is -2.32. The first-order valence-corrected chi connectivity index (χ1v) is 10.3. The molecule has 0 spiro atoms. The van der Waals surface area contributed by atoms with Crippen LogP contribution in [0.25, 0.3) is 10.8 Å². The fourth-order valence-corrected chi connectivity index (χ4v) is 3.56. The van der Waals surface area contributed by atoms with Gasteiger partial charge in [0.1, 0.15) is 5.60 Å². The van der Waals surface area contributed by atoms with E-state index in [1.165, 1.54) is 11.3 Å². The van der Waals surface area contributed by atoms with Gasteiger partial charge in [-0.15, -0.1) is 11.3 Å². The summed E-state index contributed by atoms with van der Waals surface area (Å²) < 4.78 is 16.2. The van der Waals surface area contributed by atoms with Crippen molar-refractivity contribution in [2.45, 2.75) is 39.8 Å². The lowest BCUT2D eigenvalue weighted by Gasteiger charge is -2.20. The van der Waals surface area contributed by atoms with Crippen molar-refractivity contribution in [1.82, 2.24) is 15.3 Å². The van der Waals surface area contributed by atoms with Gasteiger partial charge in [-0.2, -0.15) is 0 Å². The molecule has 2 heterocycles. The van der Waals surface area contributed by atoms with Gasteiger partial charge in [0.25, 0.3) is 0 Å². The van der Waals surface area contributed by atoms with E-state index in [-0.39, 0.29) is 6.54 Å². The highest BCUT2D eigenvalue weighted by atomic mass is 32.1. The van der Waals surface area contributed by atoms with E-state index in [4.69, 9.17) is 14.2 Å². The van der Waals surface area contributed by atoms with Crippen molar-refractivity contribution in [3.05, 3.63) is 35.1 Å². The normalized spacial score (nSPS) is 11.3. The number of benzene rings is 1. The largest absolute Gasteiger partial charge is 0.493 e. The molecular formula is C21H26N4O4S. The molecule has 0 aliphatic carbocycles. The van der Waals surface area contributed by atoms with E-state index in [0.717, 1.165) is 27.3 Å². The van der Waals surface area contributed by atoms with E-state index in [2.05, 4.69) is 20.6 Å². The van der Waals surface area contributed by atoms with E-state index in [9.17, 15) is 4.79 Å². The van der Waals surface area contributed by atoms with E-state index in [1.54, 1.807) is 20.4 Å². The maximum absolute atomic E-state index is 12.1. The number of amides is 1. The smallest absolute Gasteiger partial charge is 0.407 e. The van der Waals surface area contributed by atoms with E-state index >= 15 is 0 Å². The van der Waals surface area contributed by atoms with E-state index in [0.29, 0.717) is 17.2 Å². The number of alkyl carbamates (subject to hydrolysis) is 1. The Bertz CT molecular complexity index is 1060. The number of carbonyl (C=O) groups excluding carboxylic acids is 1. The second kappa shape index (κ2) is 8.74. The second-order valence-electron chi connectivity index (χ2n) is 7.65. The van der Waals surface area contributed by atoms with Crippen LogP contribution in [0.5, 0.6) is 11.5 Å². The summed E-state index contributed by atoms with van der Waals surface area (Å²) in [4.78, 5) is 21.1. The minimum absolute atomic E-state index is 0.206. The van der Waals surface area contributed by atoms with Crippen LogP contribution < -0.4 is 20.1 Å². The molecule has 30 heavy (non-hydrogen) atoms. The summed E-state index contributed by atoms with van der Waals surface area (Å²) in [5.41, 5.74) is 1.83. The fourth-order valence-electron chi connectivity index (χ4n) is 2.86. The molecular weight excluding hydrogens is 404 g/mol. The van der Waals surface area contributed by atoms with Gasteiger partial charge in [0, 0.05) is 16.2 Å². The number of aryl methyl sites for hydroxylation is 1. The summed E-state index contributed by atoms with van der Waals surface area (Å²) in [5.74, 6) is 1.17. The maximum Gasteiger partial charge on any atom is 0.407 e. The molecule has 0 aliphatic rings. The third-order valence-corrected chi connectivity index (χ3v) is 5.01. The van der Waals surface area contributed by atoms with Crippen LogP contribution in [0.15, 0.2) is 23.7 Å². The monoisotopic (exact) mass is 430 g/mol. The highest BCUT2D eigenvalue weighted by Gasteiger charge is 2.18. The van der Waals surface area contributed by atoms with Crippen LogP contribution in [-0.2, 0) is 11.3 Å². The van der Waals surface area contributed by atoms with Gasteiger partial charge in [-0.05, 0) is 39.8 Å². The Balaban J connectivity index is 1.99. The van der Waals surface area contributed by atoms with Crippen LogP contribution in [-0.4, -0.2) is 35.9 Å². The van der Waals surface area contributed by atoms with Crippen LogP contribution in [0.2, 0.25) is 0 Å². The number of hydrogen-bond acceptors (Lipinski definition) is 8. The Hall–Kier alpha value is -3.07. The van der Waals surface area contributed by atoms with Gasteiger partial charge in [-0.1, -0.05) is 0 Å². The second-order valence-corrected chi connectivity index (χ2v) is 8.50. The first kappa shape index (κ1) is 21.6. The molecule has 160 valence electrons. The number of nitrogens with one attached hydrogen (secondary N) is 2. The molecule has 1 aromatic carbocycles. The van der Waals surface area contributed by atoms with Gasteiger partial charge in [0.05, 0.1) is 44.0 Å². The third-order valence-electron chi connectivity index (χ3n) is 4.13. The zero-order chi connectivity index (χ0) is 21.9. The average molecular weight is 431 g/mol. The van der Waals surface area contributed by atoms with Crippen LogP contribution in [0, 0.1) is 6.92 Å². The van der Waals surface area contributed by atoms with Crippen molar-refractivity contribution >= 4 is 39.0 Å². The van der Waals surface area contributed by atoms with Gasteiger partial charge >= 0.3 is 6.09 Å². The molecule has 0 saturated carbocycles. The Labute approximate surface area is 179 Å². The topological polar surface area (TPSA) is 94.6 Å². The summed E-state index contributed by atoms with van der Waals surface area (Å²) >= 11 is 1.51. The quantitative estimate of drug-likeness (QED) is 0.581. The summed E-state index contributed by atoms with van der Waals surface area (Å²) in [5, 5.41) is 10.5. The molecule has 9 heteroatoms. The van der Waals surface area contributed by atoms with Crippen molar-refractivity contribution in [1.29, 1.82) is 0 Å². The summed E-state index contributed by atoms with van der Waals surface area (Å²) in [7, 11) is 3.17. The number of fused-ring (bicyclic) bond motifs is 1. The molecule has 0 saturated heterocycles. The van der Waals surface area contributed by atoms with Crippen LogP contribution >= 0.6 is 11.3 Å². The molecule has 3 rings (SSSR count). The maximum atomic E-state index is 12.1. The van der Waals surface area contributed by atoms with E-state index in [1.807, 2.05) is 45.2 Å². The lowest BCUT2D eigenvalue weighted by atomic mass is 10.1. The number of aromatic nitrogens is 2. The van der Waals surface area contributed by atoms with Crippen molar-refractivity contribution in [3.63, 3.8) is 0 Å². The predicted octanol–water partition coefficient (Wildman–Crippen LogP) is 4.79. The summed E-state index contributed by atoms with van der Waals surface area (Å²) in [6.45, 7) is 7.60. The standard InChI is InChI=1S/C21H26N4O4S/c1-12-11-30-19(24-12)25-16-10-22-15(9-23-20(26)29-21(2,3)4)13-7-17(27-5)18(28-6)8-14(13)16/h7-8,10-11H,9H2,1-6H3,(H,23,26)(H,24,25). The van der Waals surface area contributed by atoms with Gasteiger partial charge in [-0.3, -0.25) is 4.98 Å². The first-order chi connectivity index (χ1) is 14.2. The molecule has 0 aliphatic heterocycles. The molecule has 2 N–H and O–H groups in total. The number of anilines is 2. The van der Waals surface area contributed by atoms with Gasteiger partial charge < -0.3 is 24.8 Å². The molecule has 0 atom stereocenters. The first-order valence-electron chi connectivity index (χ1n) is 9.40. The number of nitrogens with zero attached hydrogens (tertiary/aromatic N) is 2. The summed E-state index contributed by atoms with van der Waals surface area (Å²) in [6.07, 6.45) is 1.22. The zero-order valence-electron chi connectivity index (χ0n) is 18.0. The molecule has 0 bridgehead atoms. The fraction of sp³-hybridized carbons (Fsp3) is 0.381. The number of pyridine rings is 1. The molecule has 0 radical (unpaired) electrons. The molecule has 0 unspecified atom stereocenters. The lowest BCUT2D eigenvalue weighted by molar-refractivity contribution is 0.0523. The van der Waals surface area contributed by atoms with Crippen LogP contribution in [0.1, 0.15) is 32.2 Å². The Morgan fingerprint density at radius 2 is 1.80 bits per heavy atom. The number of methoxy groups -OCH3 is 2. The van der Waals surface area contributed by atoms with Crippen molar-refractivity contribution in [2.75, 3.05) is 19.5 Å². The predicted molar refractivity (Wildman–Crippen MR) is 118 cm³/mol. The van der Waals surface area contributed by atoms with Crippen molar-refractivity contribution in [3.8, 4) is 11.5 Å². The van der Waals surface area contributed by atoms with Gasteiger partial charge in [0.2, 0.25) is 0 Å². The Morgan fingerprint density at radius 1 is 1.13 bits per heavy atom. The van der Waals surface area contributed by atoms with Gasteiger partial charge in [-0.25, -0.2) is 9.78 Å². The molecule has 8 nitrogen and oxygen atoms in total. The Morgan fingerprint density at radius 3 is 2.37 bits per heavy atom. The number of thiazole rings is 1. The van der Waals surface area contributed by atoms with E-state index < -0.39 is 11.7 Å². The molecule has 0 fully saturated rings. The number of ether oxygens (including phenoxy) is 3. The third kappa shape index (κ3) is 5.10. The summed E-state index contributed by atoms with van der Waals surface area (Å²) in [6, 6.07) is 3.74. The number of hydrogen-bond donors (Lipinski definition) is 2. The average Bonchev–Trinajstić information content (AvgIpc) is 3.09. The van der Waals surface area contributed by atoms with Gasteiger partial charge in [0.15, 0.2) is 16.6 Å². The molecule has 2 aromatic heterocycles. The minimum atomic E-state index is -0.574. The highest BCUT2D eigenvalue weighted by molar-refractivity contribution is 7.13. The van der Waals surface area contributed by atoms with Crippen LogP contribution in [0.3, 0.4) is 0 Å². The van der Waals surface area contributed by atoms with Crippen molar-refractivity contribution in [2.24, 2.45) is 0 Å². The SMILES string of the molecule is COc1cc2c(Nc3nc(C)cs3)cnc(CNC(=O)OC(C)(C)C)c2cc1OC. The number of rotatable bonds is 6. The number of carbonyl (C=O) groups is 1. The van der Waals surface area contributed by atoms with Crippen LogP contribution in [0.4, 0.5) is 15.6 Å². The highest BCUT2D eigenvalue weighted by Crippen LogP contribution is 2.37. The molecule has 3 aromatic rings. The van der Waals surface area contributed by atoms with Crippen molar-refractivity contribution < 1.29 is 19.0 Å². The minimum Gasteiger partial charge on any atom is -0.493 e. The molecule has 1 amide bonds.